The molecule has 1 N–H and O–H groups in total. The van der Waals surface area contributed by atoms with E-state index in [0.717, 1.165) is 0 Å². The SMILES string of the molecule is CC(C)(C)[Si](C)(C)OCC1=C(CO)C(=O)[C@H]2O[C@H]2C1=O. The van der Waals surface area contributed by atoms with Crippen molar-refractivity contribution in [3.8, 4) is 0 Å². The predicted molar refractivity (Wildman–Crippen MR) is 75.9 cm³/mol. The maximum absolute atomic E-state index is 12.1. The summed E-state index contributed by atoms with van der Waals surface area (Å²) in [7, 11) is -2.01. The number of aliphatic hydroxyl groups is 1. The molecule has 5 nitrogen and oxygen atoms in total. The van der Waals surface area contributed by atoms with E-state index >= 15 is 0 Å². The fourth-order valence-electron chi connectivity index (χ4n) is 1.95. The molecule has 0 bridgehead atoms. The molecular formula is C14H22O5Si. The van der Waals surface area contributed by atoms with Gasteiger partial charge in [0.25, 0.3) is 0 Å². The molecule has 1 aliphatic carbocycles. The monoisotopic (exact) mass is 298 g/mol. The number of carbonyl (C=O) groups is 2. The second-order valence-corrected chi connectivity index (χ2v) is 11.7. The molecule has 0 spiro atoms. The zero-order valence-electron chi connectivity index (χ0n) is 12.6. The van der Waals surface area contributed by atoms with Crippen LogP contribution in [0.5, 0.6) is 0 Å². The number of hydrogen-bond donors (Lipinski definition) is 1. The lowest BCUT2D eigenvalue weighted by Crippen LogP contribution is -2.42. The highest BCUT2D eigenvalue weighted by Crippen LogP contribution is 2.39. The zero-order valence-corrected chi connectivity index (χ0v) is 13.6. The van der Waals surface area contributed by atoms with E-state index in [1.54, 1.807) is 0 Å². The summed E-state index contributed by atoms with van der Waals surface area (Å²) < 4.78 is 11.1. The molecule has 0 radical (unpaired) electrons. The highest BCUT2D eigenvalue weighted by atomic mass is 28.4. The Kier molecular flexibility index (Phi) is 3.79. The molecule has 1 heterocycles. The lowest BCUT2D eigenvalue weighted by atomic mass is 9.90. The van der Waals surface area contributed by atoms with Gasteiger partial charge in [0.15, 0.2) is 32.1 Å². The van der Waals surface area contributed by atoms with E-state index in [1.807, 2.05) is 0 Å². The van der Waals surface area contributed by atoms with Gasteiger partial charge in [-0.1, -0.05) is 20.8 Å². The second-order valence-electron chi connectivity index (χ2n) is 6.87. The van der Waals surface area contributed by atoms with Crippen molar-refractivity contribution in [2.24, 2.45) is 0 Å². The average Bonchev–Trinajstić information content (AvgIpc) is 3.10. The summed E-state index contributed by atoms with van der Waals surface area (Å²) in [6.07, 6.45) is -1.31. The minimum Gasteiger partial charge on any atom is -0.412 e. The Labute approximate surface area is 120 Å². The number of carbonyl (C=O) groups excluding carboxylic acids is 2. The van der Waals surface area contributed by atoms with Gasteiger partial charge in [-0.3, -0.25) is 9.59 Å². The van der Waals surface area contributed by atoms with E-state index in [4.69, 9.17) is 9.16 Å². The van der Waals surface area contributed by atoms with Gasteiger partial charge in [0, 0.05) is 11.1 Å². The van der Waals surface area contributed by atoms with Crippen molar-refractivity contribution in [3.05, 3.63) is 11.1 Å². The van der Waals surface area contributed by atoms with E-state index in [1.165, 1.54) is 0 Å². The molecule has 2 aliphatic rings. The number of rotatable bonds is 4. The van der Waals surface area contributed by atoms with Crippen LogP contribution in [-0.4, -0.2) is 50.4 Å². The molecule has 1 fully saturated rings. The molecule has 2 rings (SSSR count). The van der Waals surface area contributed by atoms with Crippen LogP contribution < -0.4 is 0 Å². The number of ether oxygens (including phenoxy) is 1. The second kappa shape index (κ2) is 4.87. The quantitative estimate of drug-likeness (QED) is 0.624. The summed E-state index contributed by atoms with van der Waals surface area (Å²) in [5.41, 5.74) is 0.452. The van der Waals surface area contributed by atoms with Crippen LogP contribution in [0.15, 0.2) is 11.1 Å². The zero-order chi connectivity index (χ0) is 15.3. The highest BCUT2D eigenvalue weighted by molar-refractivity contribution is 6.74. The maximum atomic E-state index is 12.1. The van der Waals surface area contributed by atoms with E-state index in [2.05, 4.69) is 33.9 Å². The molecule has 112 valence electrons. The minimum absolute atomic E-state index is 0.0211. The average molecular weight is 298 g/mol. The van der Waals surface area contributed by atoms with Gasteiger partial charge in [0.1, 0.15) is 0 Å². The van der Waals surface area contributed by atoms with Gasteiger partial charge in [-0.15, -0.1) is 0 Å². The van der Waals surface area contributed by atoms with Crippen LogP contribution >= 0.6 is 0 Å². The fourth-order valence-corrected chi connectivity index (χ4v) is 2.89. The predicted octanol–water partition coefficient (Wildman–Crippen LogP) is 1.22. The Morgan fingerprint density at radius 2 is 1.65 bits per heavy atom. The molecule has 20 heavy (non-hydrogen) atoms. The largest absolute Gasteiger partial charge is 0.412 e. The molecular weight excluding hydrogens is 276 g/mol. The van der Waals surface area contributed by atoms with Crippen molar-refractivity contribution in [2.45, 2.75) is 51.1 Å². The van der Waals surface area contributed by atoms with Crippen LogP contribution in [0.25, 0.3) is 0 Å². The molecule has 0 saturated carbocycles. The molecule has 0 amide bonds. The smallest absolute Gasteiger partial charge is 0.193 e. The summed E-state index contributed by atoms with van der Waals surface area (Å²) >= 11 is 0. The molecule has 0 unspecified atom stereocenters. The lowest BCUT2D eigenvalue weighted by molar-refractivity contribution is -0.121. The number of ketones is 2. The van der Waals surface area contributed by atoms with Crippen LogP contribution in [0.1, 0.15) is 20.8 Å². The van der Waals surface area contributed by atoms with E-state index in [-0.39, 0.29) is 28.8 Å². The Balaban J connectivity index is 2.19. The maximum Gasteiger partial charge on any atom is 0.193 e. The molecule has 0 aromatic rings. The first-order chi connectivity index (χ1) is 9.10. The van der Waals surface area contributed by atoms with Gasteiger partial charge >= 0.3 is 0 Å². The van der Waals surface area contributed by atoms with Gasteiger partial charge in [0.2, 0.25) is 0 Å². The fraction of sp³-hybridized carbons (Fsp3) is 0.714. The van der Waals surface area contributed by atoms with Crippen molar-refractivity contribution >= 4 is 19.9 Å². The van der Waals surface area contributed by atoms with E-state index < -0.39 is 27.1 Å². The first kappa shape index (κ1) is 15.6. The van der Waals surface area contributed by atoms with Gasteiger partial charge in [0.05, 0.1) is 13.2 Å². The Bertz CT molecular complexity index is 486. The van der Waals surface area contributed by atoms with Crippen LogP contribution in [0, 0.1) is 0 Å². The number of aliphatic hydroxyl groups excluding tert-OH is 1. The molecule has 0 aromatic carbocycles. The van der Waals surface area contributed by atoms with Crippen molar-refractivity contribution in [2.75, 3.05) is 13.2 Å². The van der Waals surface area contributed by atoms with Gasteiger partial charge < -0.3 is 14.3 Å². The first-order valence-electron chi connectivity index (χ1n) is 6.81. The third kappa shape index (κ3) is 2.53. The lowest BCUT2D eigenvalue weighted by Gasteiger charge is -2.36. The molecule has 0 aromatic heterocycles. The Morgan fingerprint density at radius 1 is 1.15 bits per heavy atom. The summed E-state index contributed by atoms with van der Waals surface area (Å²) in [5, 5.41) is 9.37. The van der Waals surface area contributed by atoms with Crippen LogP contribution in [0.2, 0.25) is 18.1 Å². The van der Waals surface area contributed by atoms with Crippen molar-refractivity contribution < 1.29 is 23.9 Å². The standard InChI is InChI=1S/C14H22O5Si/c1-14(2,3)20(4,5)18-7-9-8(6-15)10(16)12-13(19-12)11(9)17/h12-13,15H,6-7H2,1-5H3/t12-,13+/m1/s1. The topological polar surface area (TPSA) is 76.1 Å². The van der Waals surface area contributed by atoms with Crippen molar-refractivity contribution in [1.82, 2.24) is 0 Å². The number of epoxide rings is 1. The first-order valence-corrected chi connectivity index (χ1v) is 9.71. The van der Waals surface area contributed by atoms with Crippen molar-refractivity contribution in [3.63, 3.8) is 0 Å². The van der Waals surface area contributed by atoms with Gasteiger partial charge in [-0.2, -0.15) is 0 Å². The highest BCUT2D eigenvalue weighted by Gasteiger charge is 2.56. The molecule has 2 atom stereocenters. The molecule has 1 saturated heterocycles. The van der Waals surface area contributed by atoms with Crippen molar-refractivity contribution in [1.29, 1.82) is 0 Å². The minimum atomic E-state index is -2.01. The number of Topliss-reactive ketones (excluding diaryl/α,β-unsaturated/α-hetero) is 2. The molecule has 6 heteroatoms. The summed E-state index contributed by atoms with van der Waals surface area (Å²) in [5.74, 6) is -0.483. The summed E-state index contributed by atoms with van der Waals surface area (Å²) in [6.45, 7) is 10.1. The molecule has 1 aliphatic heterocycles. The van der Waals surface area contributed by atoms with E-state index in [9.17, 15) is 14.7 Å². The summed E-state index contributed by atoms with van der Waals surface area (Å²) in [4.78, 5) is 24.1. The van der Waals surface area contributed by atoms with Gasteiger partial charge in [-0.25, -0.2) is 0 Å². The summed E-state index contributed by atoms with van der Waals surface area (Å²) in [6, 6.07) is 0. The Morgan fingerprint density at radius 3 is 2.10 bits per heavy atom. The van der Waals surface area contributed by atoms with Gasteiger partial charge in [-0.05, 0) is 18.1 Å². The van der Waals surface area contributed by atoms with Crippen LogP contribution in [-0.2, 0) is 18.8 Å². The number of fused-ring (bicyclic) bond motifs is 1. The third-order valence-corrected chi connectivity index (χ3v) is 8.99. The Hall–Kier alpha value is -0.823. The van der Waals surface area contributed by atoms with Crippen LogP contribution in [0.3, 0.4) is 0 Å². The normalized spacial score (nSPS) is 26.9. The third-order valence-electron chi connectivity index (χ3n) is 4.51. The van der Waals surface area contributed by atoms with Crippen LogP contribution in [0.4, 0.5) is 0 Å². The van der Waals surface area contributed by atoms with E-state index in [0.29, 0.717) is 5.57 Å². The number of hydrogen-bond acceptors (Lipinski definition) is 5.